The molecular weight excluding hydrogens is 324 g/mol. The lowest BCUT2D eigenvalue weighted by molar-refractivity contribution is -0.118. The summed E-state index contributed by atoms with van der Waals surface area (Å²) in [5.41, 5.74) is 0. The summed E-state index contributed by atoms with van der Waals surface area (Å²) < 4.78 is 7.22. The van der Waals surface area contributed by atoms with Crippen molar-refractivity contribution < 1.29 is 9.21 Å². The van der Waals surface area contributed by atoms with Gasteiger partial charge in [0, 0.05) is 13.5 Å². The topological polar surface area (TPSA) is 73.0 Å². The van der Waals surface area contributed by atoms with Crippen LogP contribution in [0.15, 0.2) is 28.0 Å². The first kappa shape index (κ1) is 17.1. The van der Waals surface area contributed by atoms with E-state index in [1.165, 1.54) is 43.9 Å². The van der Waals surface area contributed by atoms with Crippen LogP contribution in [0.1, 0.15) is 43.7 Å². The van der Waals surface area contributed by atoms with E-state index in [0.717, 1.165) is 29.1 Å². The lowest BCUT2D eigenvalue weighted by Gasteiger charge is -2.20. The summed E-state index contributed by atoms with van der Waals surface area (Å²) in [4.78, 5) is 11.9. The van der Waals surface area contributed by atoms with Gasteiger partial charge in [0.1, 0.15) is 11.6 Å². The molecule has 0 atom stereocenters. The van der Waals surface area contributed by atoms with E-state index in [0.29, 0.717) is 12.3 Å². The van der Waals surface area contributed by atoms with E-state index in [1.54, 1.807) is 6.26 Å². The number of nitrogens with zero attached hydrogens (tertiary/aromatic N) is 3. The van der Waals surface area contributed by atoms with Crippen molar-refractivity contribution in [2.75, 3.05) is 5.75 Å². The van der Waals surface area contributed by atoms with E-state index < -0.39 is 0 Å². The van der Waals surface area contributed by atoms with Gasteiger partial charge in [-0.1, -0.05) is 43.9 Å². The largest absolute Gasteiger partial charge is 0.467 e. The minimum absolute atomic E-state index is 0.0340. The Morgan fingerprint density at radius 2 is 2.21 bits per heavy atom. The molecule has 2 heterocycles. The second-order valence-corrected chi connectivity index (χ2v) is 7.25. The summed E-state index contributed by atoms with van der Waals surface area (Å²) in [6.45, 7) is 0.415. The van der Waals surface area contributed by atoms with Crippen LogP contribution in [0.25, 0.3) is 0 Å². The van der Waals surface area contributed by atoms with Crippen LogP contribution in [0, 0.1) is 5.92 Å². The van der Waals surface area contributed by atoms with Crippen LogP contribution in [0.2, 0.25) is 0 Å². The Morgan fingerprint density at radius 3 is 2.96 bits per heavy atom. The second kappa shape index (κ2) is 8.37. The van der Waals surface area contributed by atoms with E-state index in [-0.39, 0.29) is 5.91 Å². The van der Waals surface area contributed by atoms with Gasteiger partial charge in [-0.3, -0.25) is 4.79 Å². The van der Waals surface area contributed by atoms with Crippen LogP contribution >= 0.6 is 11.8 Å². The van der Waals surface area contributed by atoms with Gasteiger partial charge >= 0.3 is 0 Å². The minimum Gasteiger partial charge on any atom is -0.467 e. The molecule has 6 nitrogen and oxygen atoms in total. The predicted octanol–water partition coefficient (Wildman–Crippen LogP) is 2.94. The normalized spacial score (nSPS) is 15.5. The van der Waals surface area contributed by atoms with Crippen LogP contribution in [0.4, 0.5) is 0 Å². The van der Waals surface area contributed by atoms with Crippen LogP contribution in [0.3, 0.4) is 0 Å². The number of hydrogen-bond donors (Lipinski definition) is 1. The first-order chi connectivity index (χ1) is 11.7. The third-order valence-corrected chi connectivity index (χ3v) is 5.51. The Kier molecular flexibility index (Phi) is 5.96. The highest BCUT2D eigenvalue weighted by atomic mass is 32.2. The van der Waals surface area contributed by atoms with Crippen molar-refractivity contribution in [3.8, 4) is 0 Å². The van der Waals surface area contributed by atoms with Crippen molar-refractivity contribution in [2.45, 2.75) is 50.2 Å². The molecule has 0 aliphatic heterocycles. The molecule has 0 saturated heterocycles. The number of carbonyl (C=O) groups is 1. The van der Waals surface area contributed by atoms with Crippen LogP contribution < -0.4 is 5.32 Å². The first-order valence-electron chi connectivity index (χ1n) is 8.52. The molecule has 0 aromatic carbocycles. The van der Waals surface area contributed by atoms with Crippen molar-refractivity contribution in [1.29, 1.82) is 0 Å². The van der Waals surface area contributed by atoms with Gasteiger partial charge in [-0.2, -0.15) is 0 Å². The fraction of sp³-hybridized carbons (Fsp3) is 0.588. The Hall–Kier alpha value is -1.76. The summed E-state index contributed by atoms with van der Waals surface area (Å²) >= 11 is 1.42. The molecule has 1 aliphatic rings. The van der Waals surface area contributed by atoms with Crippen molar-refractivity contribution in [1.82, 2.24) is 20.1 Å². The highest BCUT2D eigenvalue weighted by Gasteiger charge is 2.18. The van der Waals surface area contributed by atoms with Crippen molar-refractivity contribution in [3.63, 3.8) is 0 Å². The van der Waals surface area contributed by atoms with Gasteiger partial charge in [-0.15, -0.1) is 10.2 Å². The average molecular weight is 348 g/mol. The van der Waals surface area contributed by atoms with Gasteiger partial charge in [0.15, 0.2) is 5.16 Å². The molecule has 1 N–H and O–H groups in total. The second-order valence-electron chi connectivity index (χ2n) is 6.31. The molecule has 1 saturated carbocycles. The molecule has 1 amide bonds. The zero-order valence-corrected chi connectivity index (χ0v) is 14.8. The quantitative estimate of drug-likeness (QED) is 0.779. The van der Waals surface area contributed by atoms with Gasteiger partial charge in [0.05, 0.1) is 18.6 Å². The summed E-state index contributed by atoms with van der Waals surface area (Å²) in [5.74, 6) is 2.81. The van der Waals surface area contributed by atoms with E-state index in [4.69, 9.17) is 4.42 Å². The molecule has 0 unspecified atom stereocenters. The Balaban J connectivity index is 1.45. The predicted molar refractivity (Wildman–Crippen MR) is 92.6 cm³/mol. The minimum atomic E-state index is -0.0340. The monoisotopic (exact) mass is 348 g/mol. The molecule has 7 heteroatoms. The number of carbonyl (C=O) groups excluding carboxylic acids is 1. The Labute approximate surface area is 146 Å². The Morgan fingerprint density at radius 1 is 1.38 bits per heavy atom. The van der Waals surface area contributed by atoms with E-state index in [1.807, 2.05) is 23.7 Å². The number of thioether (sulfide) groups is 1. The maximum absolute atomic E-state index is 11.9. The lowest BCUT2D eigenvalue weighted by Crippen LogP contribution is -2.24. The smallest absolute Gasteiger partial charge is 0.230 e. The SMILES string of the molecule is Cn1c(CC2CCCCC2)nnc1SCC(=O)NCc1ccco1. The van der Waals surface area contributed by atoms with Gasteiger partial charge in [0.25, 0.3) is 0 Å². The zero-order chi connectivity index (χ0) is 16.8. The summed E-state index contributed by atoms with van der Waals surface area (Å²) in [7, 11) is 1.99. The number of hydrogen-bond acceptors (Lipinski definition) is 5. The highest BCUT2D eigenvalue weighted by molar-refractivity contribution is 7.99. The molecular formula is C17H24N4O2S. The fourth-order valence-electron chi connectivity index (χ4n) is 3.08. The van der Waals surface area contributed by atoms with Gasteiger partial charge in [-0.05, 0) is 18.1 Å². The molecule has 0 radical (unpaired) electrons. The molecule has 2 aromatic rings. The first-order valence-corrected chi connectivity index (χ1v) is 9.51. The average Bonchev–Trinajstić information content (AvgIpc) is 3.23. The number of nitrogens with one attached hydrogen (secondary N) is 1. The van der Waals surface area contributed by atoms with Crippen molar-refractivity contribution >= 4 is 17.7 Å². The highest BCUT2D eigenvalue weighted by Crippen LogP contribution is 2.27. The standard InChI is InChI=1S/C17H24N4O2S/c1-21-15(10-13-6-3-2-4-7-13)19-20-17(21)24-12-16(22)18-11-14-8-5-9-23-14/h5,8-9,13H,2-4,6-7,10-12H2,1H3,(H,18,22). The van der Waals surface area contributed by atoms with Crippen LogP contribution in [-0.4, -0.2) is 26.4 Å². The molecule has 3 rings (SSSR count). The van der Waals surface area contributed by atoms with E-state index in [2.05, 4.69) is 15.5 Å². The number of amides is 1. The summed E-state index contributed by atoms with van der Waals surface area (Å²) in [6, 6.07) is 3.65. The molecule has 24 heavy (non-hydrogen) atoms. The number of aromatic nitrogens is 3. The lowest BCUT2D eigenvalue weighted by atomic mass is 9.87. The van der Waals surface area contributed by atoms with E-state index >= 15 is 0 Å². The number of furan rings is 1. The van der Waals surface area contributed by atoms with Crippen molar-refractivity contribution in [3.05, 3.63) is 30.0 Å². The van der Waals surface area contributed by atoms with Gasteiger partial charge in [-0.25, -0.2) is 0 Å². The third kappa shape index (κ3) is 4.63. The number of rotatable bonds is 7. The molecule has 0 bridgehead atoms. The molecule has 2 aromatic heterocycles. The van der Waals surface area contributed by atoms with Crippen LogP contribution in [0.5, 0.6) is 0 Å². The van der Waals surface area contributed by atoms with Crippen molar-refractivity contribution in [2.24, 2.45) is 13.0 Å². The Bertz CT molecular complexity index is 648. The fourth-order valence-corrected chi connectivity index (χ4v) is 3.84. The van der Waals surface area contributed by atoms with Crippen LogP contribution in [-0.2, 0) is 24.8 Å². The molecule has 0 spiro atoms. The van der Waals surface area contributed by atoms with E-state index in [9.17, 15) is 4.79 Å². The summed E-state index contributed by atoms with van der Waals surface area (Å²) in [5, 5.41) is 12.2. The van der Waals surface area contributed by atoms with Gasteiger partial charge in [0.2, 0.25) is 5.91 Å². The molecule has 1 aliphatic carbocycles. The third-order valence-electron chi connectivity index (χ3n) is 4.49. The summed E-state index contributed by atoms with van der Waals surface area (Å²) in [6.07, 6.45) is 9.22. The van der Waals surface area contributed by atoms with Gasteiger partial charge < -0.3 is 14.3 Å². The zero-order valence-electron chi connectivity index (χ0n) is 14.0. The molecule has 1 fully saturated rings. The molecule has 130 valence electrons. The maximum Gasteiger partial charge on any atom is 0.230 e. The maximum atomic E-state index is 11.9.